The van der Waals surface area contributed by atoms with Gasteiger partial charge in [0.15, 0.2) is 5.84 Å². The number of oxime groups is 1. The van der Waals surface area contributed by atoms with Gasteiger partial charge in [0.25, 0.3) is 0 Å². The standard InChI is InChI=1S/C12H9ClFN3O2/c13-9-6-8(14)1-2-10(9)19-11-5-7(3-4-16-11)12(15)17-18/h1-6,18H,(H2,15,17). The zero-order valence-corrected chi connectivity index (χ0v) is 10.3. The van der Waals surface area contributed by atoms with Gasteiger partial charge in [0.1, 0.15) is 11.6 Å². The number of nitrogens with two attached hydrogens (primary N) is 1. The third-order valence-electron chi connectivity index (χ3n) is 2.25. The van der Waals surface area contributed by atoms with E-state index in [-0.39, 0.29) is 22.5 Å². The first-order chi connectivity index (χ1) is 9.10. The average Bonchev–Trinajstić information content (AvgIpc) is 2.41. The lowest BCUT2D eigenvalue weighted by molar-refractivity contribution is 0.318. The molecule has 1 aromatic carbocycles. The van der Waals surface area contributed by atoms with Crippen LogP contribution in [0.25, 0.3) is 0 Å². The Labute approximate surface area is 113 Å². The molecule has 1 aromatic heterocycles. The molecule has 0 fully saturated rings. The van der Waals surface area contributed by atoms with Crippen LogP contribution < -0.4 is 10.5 Å². The molecule has 19 heavy (non-hydrogen) atoms. The number of pyridine rings is 1. The minimum absolute atomic E-state index is 0.0718. The Bertz CT molecular complexity index is 634. The summed E-state index contributed by atoms with van der Waals surface area (Å²) in [5.41, 5.74) is 5.88. The zero-order chi connectivity index (χ0) is 13.8. The minimum Gasteiger partial charge on any atom is -0.437 e. The van der Waals surface area contributed by atoms with E-state index in [1.54, 1.807) is 6.07 Å². The summed E-state index contributed by atoms with van der Waals surface area (Å²) < 4.78 is 18.3. The summed E-state index contributed by atoms with van der Waals surface area (Å²) in [4.78, 5) is 3.95. The van der Waals surface area contributed by atoms with Crippen molar-refractivity contribution >= 4 is 17.4 Å². The molecule has 2 rings (SSSR count). The quantitative estimate of drug-likeness (QED) is 0.392. The molecule has 0 unspecified atom stereocenters. The molecule has 1 heterocycles. The van der Waals surface area contributed by atoms with Gasteiger partial charge >= 0.3 is 0 Å². The summed E-state index contributed by atoms with van der Waals surface area (Å²) in [6, 6.07) is 6.75. The van der Waals surface area contributed by atoms with Crippen molar-refractivity contribution in [2.45, 2.75) is 0 Å². The molecule has 0 saturated carbocycles. The minimum atomic E-state index is -0.462. The molecule has 0 spiro atoms. The Hall–Kier alpha value is -2.34. The Kier molecular flexibility index (Phi) is 3.82. The SMILES string of the molecule is N/C(=N\O)c1ccnc(Oc2ccc(F)cc2Cl)c1. The van der Waals surface area contributed by atoms with E-state index < -0.39 is 5.82 Å². The van der Waals surface area contributed by atoms with Crippen molar-refractivity contribution < 1.29 is 14.3 Å². The molecule has 0 saturated heterocycles. The van der Waals surface area contributed by atoms with Crippen LogP contribution >= 0.6 is 11.6 Å². The van der Waals surface area contributed by atoms with Crippen molar-refractivity contribution in [3.8, 4) is 11.6 Å². The molecule has 0 bridgehead atoms. The van der Waals surface area contributed by atoms with E-state index in [0.717, 1.165) is 6.07 Å². The number of hydrogen-bond donors (Lipinski definition) is 2. The third kappa shape index (κ3) is 3.11. The number of hydrogen-bond acceptors (Lipinski definition) is 4. The molecule has 0 atom stereocenters. The average molecular weight is 282 g/mol. The highest BCUT2D eigenvalue weighted by molar-refractivity contribution is 6.32. The van der Waals surface area contributed by atoms with Crippen molar-refractivity contribution in [3.05, 3.63) is 52.9 Å². The highest BCUT2D eigenvalue weighted by Gasteiger charge is 2.07. The van der Waals surface area contributed by atoms with E-state index in [9.17, 15) is 4.39 Å². The lowest BCUT2D eigenvalue weighted by atomic mass is 10.2. The van der Waals surface area contributed by atoms with Gasteiger partial charge in [0.2, 0.25) is 5.88 Å². The summed E-state index contributed by atoms with van der Waals surface area (Å²) in [5, 5.41) is 11.6. The first kappa shape index (κ1) is 13.1. The summed E-state index contributed by atoms with van der Waals surface area (Å²) in [6.07, 6.45) is 1.43. The lowest BCUT2D eigenvalue weighted by Crippen LogP contribution is -2.13. The monoisotopic (exact) mass is 281 g/mol. The first-order valence-corrected chi connectivity index (χ1v) is 5.55. The number of rotatable bonds is 3. The van der Waals surface area contributed by atoms with E-state index in [2.05, 4.69) is 10.1 Å². The molecule has 5 nitrogen and oxygen atoms in total. The number of halogens is 2. The summed E-state index contributed by atoms with van der Waals surface area (Å²) >= 11 is 5.83. The topological polar surface area (TPSA) is 80.7 Å². The van der Waals surface area contributed by atoms with Crippen LogP contribution in [0.3, 0.4) is 0 Å². The fourth-order valence-electron chi connectivity index (χ4n) is 1.35. The van der Waals surface area contributed by atoms with Crippen LogP contribution in [0.2, 0.25) is 5.02 Å². The van der Waals surface area contributed by atoms with Crippen LogP contribution in [0, 0.1) is 5.82 Å². The zero-order valence-electron chi connectivity index (χ0n) is 9.55. The second kappa shape index (κ2) is 5.53. The summed E-state index contributed by atoms with van der Waals surface area (Å²) in [5.74, 6) is -0.0852. The van der Waals surface area contributed by atoms with Crippen LogP contribution in [0.4, 0.5) is 4.39 Å². The Balaban J connectivity index is 2.28. The van der Waals surface area contributed by atoms with Gasteiger partial charge in [0.05, 0.1) is 5.02 Å². The van der Waals surface area contributed by atoms with Crippen LogP contribution in [0.5, 0.6) is 11.6 Å². The molecule has 0 aliphatic carbocycles. The van der Waals surface area contributed by atoms with Crippen LogP contribution in [-0.4, -0.2) is 16.0 Å². The highest BCUT2D eigenvalue weighted by Crippen LogP contribution is 2.29. The van der Waals surface area contributed by atoms with Crippen molar-refractivity contribution in [2.75, 3.05) is 0 Å². The van der Waals surface area contributed by atoms with Gasteiger partial charge in [-0.1, -0.05) is 16.8 Å². The number of aromatic nitrogens is 1. The number of amidine groups is 1. The van der Waals surface area contributed by atoms with E-state index in [1.165, 1.54) is 24.4 Å². The Morgan fingerprint density at radius 1 is 1.37 bits per heavy atom. The van der Waals surface area contributed by atoms with E-state index in [4.69, 9.17) is 27.3 Å². The molecule has 0 aliphatic heterocycles. The number of nitrogens with zero attached hydrogens (tertiary/aromatic N) is 2. The smallest absolute Gasteiger partial charge is 0.219 e. The molecular weight excluding hydrogens is 273 g/mol. The molecule has 7 heteroatoms. The molecule has 3 N–H and O–H groups in total. The summed E-state index contributed by atoms with van der Waals surface area (Å²) in [7, 11) is 0. The maximum Gasteiger partial charge on any atom is 0.219 e. The fourth-order valence-corrected chi connectivity index (χ4v) is 1.56. The predicted octanol–water partition coefficient (Wildman–Crippen LogP) is 2.76. The Morgan fingerprint density at radius 3 is 2.84 bits per heavy atom. The first-order valence-electron chi connectivity index (χ1n) is 5.17. The van der Waals surface area contributed by atoms with Gasteiger partial charge in [-0.2, -0.15) is 0 Å². The normalized spacial score (nSPS) is 11.4. The molecule has 0 aliphatic rings. The van der Waals surface area contributed by atoms with Gasteiger partial charge in [-0.15, -0.1) is 0 Å². The largest absolute Gasteiger partial charge is 0.437 e. The molecule has 98 valence electrons. The number of benzene rings is 1. The van der Waals surface area contributed by atoms with Crippen molar-refractivity contribution in [3.63, 3.8) is 0 Å². The number of ether oxygens (including phenoxy) is 1. The van der Waals surface area contributed by atoms with Crippen LogP contribution in [0.15, 0.2) is 41.7 Å². The maximum atomic E-state index is 12.9. The van der Waals surface area contributed by atoms with Crippen molar-refractivity contribution in [2.24, 2.45) is 10.9 Å². The van der Waals surface area contributed by atoms with E-state index >= 15 is 0 Å². The van der Waals surface area contributed by atoms with Crippen LogP contribution in [-0.2, 0) is 0 Å². The van der Waals surface area contributed by atoms with Gasteiger partial charge in [-0.05, 0) is 24.3 Å². The molecule has 0 amide bonds. The van der Waals surface area contributed by atoms with Gasteiger partial charge in [-0.25, -0.2) is 9.37 Å². The van der Waals surface area contributed by atoms with Gasteiger partial charge < -0.3 is 15.7 Å². The van der Waals surface area contributed by atoms with Gasteiger partial charge in [0, 0.05) is 17.8 Å². The Morgan fingerprint density at radius 2 is 2.16 bits per heavy atom. The highest BCUT2D eigenvalue weighted by atomic mass is 35.5. The second-order valence-electron chi connectivity index (χ2n) is 3.54. The van der Waals surface area contributed by atoms with Crippen LogP contribution in [0.1, 0.15) is 5.56 Å². The summed E-state index contributed by atoms with van der Waals surface area (Å²) in [6.45, 7) is 0. The van der Waals surface area contributed by atoms with Gasteiger partial charge in [-0.3, -0.25) is 0 Å². The molecule has 0 radical (unpaired) electrons. The predicted molar refractivity (Wildman–Crippen MR) is 68.2 cm³/mol. The molecule has 2 aromatic rings. The van der Waals surface area contributed by atoms with Crippen molar-refractivity contribution in [1.82, 2.24) is 4.98 Å². The maximum absolute atomic E-state index is 12.9. The third-order valence-corrected chi connectivity index (χ3v) is 2.54. The second-order valence-corrected chi connectivity index (χ2v) is 3.95. The van der Waals surface area contributed by atoms with E-state index in [0.29, 0.717) is 5.56 Å². The molecular formula is C12H9ClFN3O2. The van der Waals surface area contributed by atoms with Crippen molar-refractivity contribution in [1.29, 1.82) is 0 Å². The lowest BCUT2D eigenvalue weighted by Gasteiger charge is -2.07. The van der Waals surface area contributed by atoms with E-state index in [1.807, 2.05) is 0 Å². The fraction of sp³-hybridized carbons (Fsp3) is 0.